The van der Waals surface area contributed by atoms with E-state index in [1.54, 1.807) is 12.1 Å². The van der Waals surface area contributed by atoms with Crippen molar-refractivity contribution in [3.05, 3.63) is 28.8 Å². The van der Waals surface area contributed by atoms with Crippen molar-refractivity contribution in [1.82, 2.24) is 0 Å². The Morgan fingerprint density at radius 1 is 1.36 bits per heavy atom. The standard InChI is InChI=1S/C10H14FNO.ClH/c1-6-3-8(13)4-7(2)10(6)9(12)5-11;/h3-4,9,13H,5,12H2,1-2H3;1H/t9-;/m0./s1. The number of aromatic hydroxyl groups is 1. The van der Waals surface area contributed by atoms with E-state index in [4.69, 9.17) is 5.73 Å². The lowest BCUT2D eigenvalue weighted by Gasteiger charge is -2.14. The van der Waals surface area contributed by atoms with Gasteiger partial charge in [-0.2, -0.15) is 0 Å². The maximum atomic E-state index is 12.3. The second-order valence-corrected chi connectivity index (χ2v) is 3.25. The van der Waals surface area contributed by atoms with E-state index >= 15 is 0 Å². The Morgan fingerprint density at radius 3 is 2.14 bits per heavy atom. The molecule has 0 aliphatic heterocycles. The lowest BCUT2D eigenvalue weighted by molar-refractivity contribution is 0.433. The molecule has 0 radical (unpaired) electrons. The van der Waals surface area contributed by atoms with Gasteiger partial charge in [0.25, 0.3) is 0 Å². The van der Waals surface area contributed by atoms with E-state index in [0.717, 1.165) is 16.7 Å². The summed E-state index contributed by atoms with van der Waals surface area (Å²) in [5.74, 6) is 0.199. The average molecular weight is 220 g/mol. The highest BCUT2D eigenvalue weighted by Crippen LogP contribution is 2.25. The van der Waals surface area contributed by atoms with E-state index in [0.29, 0.717) is 0 Å². The summed E-state index contributed by atoms with van der Waals surface area (Å²) in [6, 6.07) is 2.61. The molecule has 3 N–H and O–H groups in total. The van der Waals surface area contributed by atoms with Gasteiger partial charge in [-0.3, -0.25) is 0 Å². The van der Waals surface area contributed by atoms with Gasteiger partial charge in [0.15, 0.2) is 0 Å². The molecule has 0 aliphatic carbocycles. The first-order valence-electron chi connectivity index (χ1n) is 4.18. The summed E-state index contributed by atoms with van der Waals surface area (Å²) < 4.78 is 12.3. The van der Waals surface area contributed by atoms with Gasteiger partial charge < -0.3 is 10.8 Å². The van der Waals surface area contributed by atoms with Crippen LogP contribution < -0.4 is 5.73 Å². The largest absolute Gasteiger partial charge is 0.508 e. The van der Waals surface area contributed by atoms with E-state index < -0.39 is 12.7 Å². The summed E-state index contributed by atoms with van der Waals surface area (Å²) in [5.41, 5.74) is 8.05. The fourth-order valence-electron chi connectivity index (χ4n) is 1.61. The lowest BCUT2D eigenvalue weighted by atomic mass is 9.97. The molecule has 1 rings (SSSR count). The SMILES string of the molecule is Cc1cc(O)cc(C)c1[C@@H](N)CF.Cl. The van der Waals surface area contributed by atoms with Crippen LogP contribution in [0, 0.1) is 13.8 Å². The maximum absolute atomic E-state index is 12.3. The molecule has 80 valence electrons. The molecule has 0 fully saturated rings. The van der Waals surface area contributed by atoms with Gasteiger partial charge in [0, 0.05) is 0 Å². The van der Waals surface area contributed by atoms with Crippen molar-refractivity contribution in [3.63, 3.8) is 0 Å². The van der Waals surface area contributed by atoms with Gasteiger partial charge in [-0.05, 0) is 42.7 Å². The van der Waals surface area contributed by atoms with Crippen molar-refractivity contribution in [1.29, 1.82) is 0 Å². The van der Waals surface area contributed by atoms with Crippen molar-refractivity contribution in [2.45, 2.75) is 19.9 Å². The quantitative estimate of drug-likeness (QED) is 0.803. The minimum Gasteiger partial charge on any atom is -0.508 e. The van der Waals surface area contributed by atoms with Gasteiger partial charge in [-0.15, -0.1) is 12.4 Å². The highest BCUT2D eigenvalue weighted by atomic mass is 35.5. The number of hydrogen-bond acceptors (Lipinski definition) is 2. The molecule has 1 aromatic rings. The highest BCUT2D eigenvalue weighted by molar-refractivity contribution is 5.85. The molecular weight excluding hydrogens is 205 g/mol. The second kappa shape index (κ2) is 5.17. The van der Waals surface area contributed by atoms with Crippen LogP contribution in [0.3, 0.4) is 0 Å². The number of hydrogen-bond donors (Lipinski definition) is 2. The van der Waals surface area contributed by atoms with Crippen LogP contribution in [0.4, 0.5) is 4.39 Å². The molecule has 0 bridgehead atoms. The average Bonchev–Trinajstić information content (AvgIpc) is 2.02. The van der Waals surface area contributed by atoms with Gasteiger partial charge in [0.1, 0.15) is 12.4 Å². The van der Waals surface area contributed by atoms with Crippen LogP contribution in [0.2, 0.25) is 0 Å². The summed E-state index contributed by atoms with van der Waals surface area (Å²) in [6.07, 6.45) is 0. The Hall–Kier alpha value is -0.800. The maximum Gasteiger partial charge on any atom is 0.116 e. The first-order valence-corrected chi connectivity index (χ1v) is 4.18. The zero-order valence-electron chi connectivity index (χ0n) is 8.25. The van der Waals surface area contributed by atoms with E-state index in [2.05, 4.69) is 0 Å². The first-order chi connectivity index (χ1) is 6.06. The molecule has 0 unspecified atom stereocenters. The molecule has 1 atom stereocenters. The fourth-order valence-corrected chi connectivity index (χ4v) is 1.61. The van der Waals surface area contributed by atoms with Crippen molar-refractivity contribution in [3.8, 4) is 5.75 Å². The van der Waals surface area contributed by atoms with Gasteiger partial charge in [-0.1, -0.05) is 0 Å². The number of rotatable bonds is 2. The molecule has 0 spiro atoms. The Labute approximate surface area is 89.3 Å². The highest BCUT2D eigenvalue weighted by Gasteiger charge is 2.12. The minimum absolute atomic E-state index is 0. The third-order valence-electron chi connectivity index (χ3n) is 2.12. The predicted octanol–water partition coefficient (Wildman–Crippen LogP) is 2.40. The number of halogens is 2. The molecule has 0 aromatic heterocycles. The summed E-state index contributed by atoms with van der Waals surface area (Å²) in [7, 11) is 0. The molecule has 14 heavy (non-hydrogen) atoms. The summed E-state index contributed by atoms with van der Waals surface area (Å²) in [4.78, 5) is 0. The molecule has 1 aromatic carbocycles. The van der Waals surface area contributed by atoms with Crippen LogP contribution in [0.1, 0.15) is 22.7 Å². The number of aryl methyl sites for hydroxylation is 2. The monoisotopic (exact) mass is 219 g/mol. The molecule has 0 heterocycles. The van der Waals surface area contributed by atoms with Gasteiger partial charge in [-0.25, -0.2) is 4.39 Å². The zero-order valence-corrected chi connectivity index (χ0v) is 9.07. The van der Waals surface area contributed by atoms with Crippen molar-refractivity contribution in [2.75, 3.05) is 6.67 Å². The Bertz CT molecular complexity index is 294. The van der Waals surface area contributed by atoms with Crippen molar-refractivity contribution < 1.29 is 9.50 Å². The zero-order chi connectivity index (χ0) is 10.0. The molecule has 0 saturated carbocycles. The van der Waals surface area contributed by atoms with E-state index in [-0.39, 0.29) is 18.2 Å². The van der Waals surface area contributed by atoms with Gasteiger partial charge in [0.05, 0.1) is 6.04 Å². The number of alkyl halides is 1. The van der Waals surface area contributed by atoms with Crippen LogP contribution in [0.15, 0.2) is 12.1 Å². The molecule has 0 amide bonds. The minimum atomic E-state index is -0.583. The topological polar surface area (TPSA) is 46.2 Å². The van der Waals surface area contributed by atoms with Crippen LogP contribution in [-0.4, -0.2) is 11.8 Å². The Kier molecular flexibility index (Phi) is 4.88. The summed E-state index contributed by atoms with van der Waals surface area (Å²) in [6.45, 7) is 3.06. The van der Waals surface area contributed by atoms with Crippen LogP contribution in [0.25, 0.3) is 0 Å². The number of phenols is 1. The first kappa shape index (κ1) is 13.2. The number of phenolic OH excluding ortho intramolecular Hbond substituents is 1. The van der Waals surface area contributed by atoms with E-state index in [1.807, 2.05) is 13.8 Å². The predicted molar refractivity (Wildman–Crippen MR) is 57.7 cm³/mol. The Balaban J connectivity index is 0.00000169. The van der Waals surface area contributed by atoms with Crippen LogP contribution >= 0.6 is 12.4 Å². The van der Waals surface area contributed by atoms with Crippen molar-refractivity contribution >= 4 is 12.4 Å². The molecule has 2 nitrogen and oxygen atoms in total. The molecular formula is C10H15ClFNO. The smallest absolute Gasteiger partial charge is 0.116 e. The third kappa shape index (κ3) is 2.59. The van der Waals surface area contributed by atoms with E-state index in [9.17, 15) is 9.50 Å². The normalized spacial score (nSPS) is 12.0. The van der Waals surface area contributed by atoms with Crippen LogP contribution in [0.5, 0.6) is 5.75 Å². The molecule has 4 heteroatoms. The summed E-state index contributed by atoms with van der Waals surface area (Å²) in [5, 5.41) is 9.24. The second-order valence-electron chi connectivity index (χ2n) is 3.25. The molecule has 0 saturated heterocycles. The van der Waals surface area contributed by atoms with Crippen LogP contribution in [-0.2, 0) is 0 Å². The number of benzene rings is 1. The fraction of sp³-hybridized carbons (Fsp3) is 0.400. The van der Waals surface area contributed by atoms with E-state index in [1.165, 1.54) is 0 Å². The third-order valence-corrected chi connectivity index (χ3v) is 2.12. The Morgan fingerprint density at radius 2 is 1.79 bits per heavy atom. The van der Waals surface area contributed by atoms with Gasteiger partial charge >= 0.3 is 0 Å². The van der Waals surface area contributed by atoms with Crippen molar-refractivity contribution in [2.24, 2.45) is 5.73 Å². The lowest BCUT2D eigenvalue weighted by Crippen LogP contribution is -2.15. The molecule has 0 aliphatic rings. The van der Waals surface area contributed by atoms with Gasteiger partial charge in [0.2, 0.25) is 0 Å². The number of nitrogens with two attached hydrogens (primary N) is 1. The summed E-state index contributed by atoms with van der Waals surface area (Å²) >= 11 is 0.